The summed E-state index contributed by atoms with van der Waals surface area (Å²) in [5.74, 6) is -0.907. The van der Waals surface area contributed by atoms with Gasteiger partial charge in [-0.05, 0) is 25.1 Å². The molecule has 4 heteroatoms. The van der Waals surface area contributed by atoms with Crippen molar-refractivity contribution in [2.75, 3.05) is 6.54 Å². The fraction of sp³-hybridized carbons (Fsp3) is 0.300. The largest absolute Gasteiger partial charge is 0.481 e. The van der Waals surface area contributed by atoms with Crippen LogP contribution in [0.1, 0.15) is 12.7 Å². The molecule has 0 amide bonds. The first-order valence-electron chi connectivity index (χ1n) is 4.29. The number of hydrogen-bond donors (Lipinski definition) is 2. The van der Waals surface area contributed by atoms with Crippen molar-refractivity contribution >= 4 is 12.0 Å². The fourth-order valence-corrected chi connectivity index (χ4v) is 1.18. The fourth-order valence-electron chi connectivity index (χ4n) is 1.18. The Morgan fingerprint density at radius 2 is 2.50 bits per heavy atom. The molecule has 76 valence electrons. The van der Waals surface area contributed by atoms with Gasteiger partial charge in [-0.1, -0.05) is 5.57 Å². The van der Waals surface area contributed by atoms with Crippen LogP contribution in [0.4, 0.5) is 0 Å². The third-order valence-electron chi connectivity index (χ3n) is 2.00. The molecule has 1 rings (SSSR count). The summed E-state index contributed by atoms with van der Waals surface area (Å²) in [4.78, 5) is 10.7. The predicted molar refractivity (Wildman–Crippen MR) is 52.5 cm³/mol. The van der Waals surface area contributed by atoms with E-state index in [0.29, 0.717) is 11.3 Å². The molecule has 1 aromatic rings. The van der Waals surface area contributed by atoms with E-state index in [9.17, 15) is 4.79 Å². The molecular weight excluding hydrogens is 182 g/mol. The van der Waals surface area contributed by atoms with Crippen LogP contribution in [-0.4, -0.2) is 17.6 Å². The maximum absolute atomic E-state index is 10.7. The smallest absolute Gasteiger partial charge is 0.311 e. The van der Waals surface area contributed by atoms with Crippen molar-refractivity contribution in [2.24, 2.45) is 11.7 Å². The lowest BCUT2D eigenvalue weighted by atomic mass is 10.0. The quantitative estimate of drug-likeness (QED) is 0.760. The molecule has 0 aliphatic carbocycles. The molecule has 0 aliphatic heterocycles. The van der Waals surface area contributed by atoms with Crippen molar-refractivity contribution in [3.8, 4) is 0 Å². The van der Waals surface area contributed by atoms with Crippen LogP contribution in [0.3, 0.4) is 0 Å². The molecule has 1 atom stereocenters. The molecule has 0 saturated carbocycles. The van der Waals surface area contributed by atoms with Gasteiger partial charge in [0.2, 0.25) is 0 Å². The summed E-state index contributed by atoms with van der Waals surface area (Å²) in [6.07, 6.45) is 3.23. The Bertz CT molecular complexity index is 327. The summed E-state index contributed by atoms with van der Waals surface area (Å²) in [6, 6.07) is 3.51. The third-order valence-corrected chi connectivity index (χ3v) is 2.00. The number of carboxylic acid groups (broad SMARTS) is 1. The van der Waals surface area contributed by atoms with Crippen LogP contribution >= 0.6 is 0 Å². The zero-order chi connectivity index (χ0) is 10.6. The summed E-state index contributed by atoms with van der Waals surface area (Å²) in [6.45, 7) is 1.83. The highest BCUT2D eigenvalue weighted by Crippen LogP contribution is 2.14. The minimum absolute atomic E-state index is 0.0956. The summed E-state index contributed by atoms with van der Waals surface area (Å²) < 4.78 is 5.07. The molecule has 1 unspecified atom stereocenters. The molecule has 0 spiro atoms. The lowest BCUT2D eigenvalue weighted by Crippen LogP contribution is -2.24. The minimum Gasteiger partial charge on any atom is -0.481 e. The monoisotopic (exact) mass is 195 g/mol. The second-order valence-electron chi connectivity index (χ2n) is 3.03. The van der Waals surface area contributed by atoms with Gasteiger partial charge < -0.3 is 15.3 Å². The van der Waals surface area contributed by atoms with Gasteiger partial charge in [-0.25, -0.2) is 0 Å². The van der Waals surface area contributed by atoms with Gasteiger partial charge in [0.15, 0.2) is 0 Å². The number of carboxylic acids is 1. The molecule has 14 heavy (non-hydrogen) atoms. The van der Waals surface area contributed by atoms with Gasteiger partial charge in [0.1, 0.15) is 5.76 Å². The third kappa shape index (κ3) is 2.47. The van der Waals surface area contributed by atoms with E-state index in [1.165, 1.54) is 6.26 Å². The average molecular weight is 195 g/mol. The van der Waals surface area contributed by atoms with Crippen molar-refractivity contribution in [3.05, 3.63) is 29.7 Å². The van der Waals surface area contributed by atoms with Crippen molar-refractivity contribution in [2.45, 2.75) is 6.92 Å². The Balaban J connectivity index is 2.82. The normalized spacial score (nSPS) is 14.0. The first-order chi connectivity index (χ1) is 6.65. The molecule has 0 fully saturated rings. The minimum atomic E-state index is -0.909. The Morgan fingerprint density at radius 1 is 1.79 bits per heavy atom. The van der Waals surface area contributed by atoms with Gasteiger partial charge in [0.25, 0.3) is 0 Å². The van der Waals surface area contributed by atoms with Crippen molar-refractivity contribution in [3.63, 3.8) is 0 Å². The SMILES string of the molecule is C/C(=C\c1ccco1)C(CN)C(=O)O. The number of carbonyl (C=O) groups is 1. The molecule has 0 bridgehead atoms. The molecule has 4 nitrogen and oxygen atoms in total. The van der Waals surface area contributed by atoms with Crippen LogP contribution in [-0.2, 0) is 4.79 Å². The second kappa shape index (κ2) is 4.62. The summed E-state index contributed by atoms with van der Waals surface area (Å²) in [5.41, 5.74) is 6.04. The van der Waals surface area contributed by atoms with E-state index in [1.54, 1.807) is 25.1 Å². The van der Waals surface area contributed by atoms with Crippen LogP contribution in [0.15, 0.2) is 28.4 Å². The standard InChI is InChI=1S/C10H13NO3/c1-7(9(6-11)10(12)13)5-8-3-2-4-14-8/h2-5,9H,6,11H2,1H3,(H,12,13)/b7-5+. The van der Waals surface area contributed by atoms with E-state index in [2.05, 4.69) is 0 Å². The van der Waals surface area contributed by atoms with Crippen molar-refractivity contribution in [1.29, 1.82) is 0 Å². The Kier molecular flexibility index (Phi) is 3.48. The highest BCUT2D eigenvalue weighted by atomic mass is 16.4. The molecule has 0 saturated heterocycles. The number of rotatable bonds is 4. The molecule has 0 aromatic carbocycles. The topological polar surface area (TPSA) is 76.5 Å². The van der Waals surface area contributed by atoms with E-state index >= 15 is 0 Å². The van der Waals surface area contributed by atoms with Gasteiger partial charge in [-0.15, -0.1) is 0 Å². The van der Waals surface area contributed by atoms with Crippen LogP contribution in [0.2, 0.25) is 0 Å². The van der Waals surface area contributed by atoms with Gasteiger partial charge in [0.05, 0.1) is 12.2 Å². The number of aliphatic carboxylic acids is 1. The molecule has 1 heterocycles. The van der Waals surface area contributed by atoms with E-state index < -0.39 is 11.9 Å². The zero-order valence-electron chi connectivity index (χ0n) is 7.93. The lowest BCUT2D eigenvalue weighted by Gasteiger charge is -2.08. The molecular formula is C10H13NO3. The van der Waals surface area contributed by atoms with E-state index in [0.717, 1.165) is 0 Å². The number of hydrogen-bond acceptors (Lipinski definition) is 3. The molecule has 0 radical (unpaired) electrons. The maximum Gasteiger partial charge on any atom is 0.311 e. The Hall–Kier alpha value is -1.55. The zero-order valence-corrected chi connectivity index (χ0v) is 7.93. The van der Waals surface area contributed by atoms with E-state index in [1.807, 2.05) is 0 Å². The van der Waals surface area contributed by atoms with Crippen LogP contribution in [0, 0.1) is 5.92 Å². The second-order valence-corrected chi connectivity index (χ2v) is 3.03. The van der Waals surface area contributed by atoms with Crippen LogP contribution in [0.5, 0.6) is 0 Å². The van der Waals surface area contributed by atoms with Gasteiger partial charge >= 0.3 is 5.97 Å². The summed E-state index contributed by atoms with van der Waals surface area (Å²) in [7, 11) is 0. The highest BCUT2D eigenvalue weighted by Gasteiger charge is 2.17. The first-order valence-corrected chi connectivity index (χ1v) is 4.29. The van der Waals surface area contributed by atoms with Gasteiger partial charge in [0, 0.05) is 6.54 Å². The van der Waals surface area contributed by atoms with Crippen LogP contribution < -0.4 is 5.73 Å². The molecule has 1 aromatic heterocycles. The van der Waals surface area contributed by atoms with Crippen molar-refractivity contribution in [1.82, 2.24) is 0 Å². The van der Waals surface area contributed by atoms with Crippen molar-refractivity contribution < 1.29 is 14.3 Å². The summed E-state index contributed by atoms with van der Waals surface area (Å²) in [5, 5.41) is 8.82. The summed E-state index contributed by atoms with van der Waals surface area (Å²) >= 11 is 0. The van der Waals surface area contributed by atoms with E-state index in [4.69, 9.17) is 15.3 Å². The Morgan fingerprint density at radius 3 is 2.93 bits per heavy atom. The average Bonchev–Trinajstić information content (AvgIpc) is 2.57. The van der Waals surface area contributed by atoms with Crippen LogP contribution in [0.25, 0.3) is 6.08 Å². The maximum atomic E-state index is 10.7. The number of nitrogens with two attached hydrogens (primary N) is 1. The molecule has 3 N–H and O–H groups in total. The lowest BCUT2D eigenvalue weighted by molar-refractivity contribution is -0.140. The van der Waals surface area contributed by atoms with Gasteiger partial charge in [-0.3, -0.25) is 4.79 Å². The van der Waals surface area contributed by atoms with Gasteiger partial charge in [-0.2, -0.15) is 0 Å². The highest BCUT2D eigenvalue weighted by molar-refractivity contribution is 5.75. The number of furan rings is 1. The van der Waals surface area contributed by atoms with E-state index in [-0.39, 0.29) is 6.54 Å². The predicted octanol–water partition coefficient (Wildman–Crippen LogP) is 1.34. The molecule has 0 aliphatic rings. The Labute approximate surface area is 82.0 Å². The first kappa shape index (κ1) is 10.5.